The summed E-state index contributed by atoms with van der Waals surface area (Å²) in [7, 11) is 0. The van der Waals surface area contributed by atoms with Crippen LogP contribution in [-0.2, 0) is 19.1 Å². The second kappa shape index (κ2) is 58.7. The number of rotatable bonds is 54. The third-order valence-corrected chi connectivity index (χ3v) is 13.0. The molecule has 0 aromatic rings. The first kappa shape index (κ1) is 65.3. The lowest BCUT2D eigenvalue weighted by molar-refractivity contribution is -0.161. The molecule has 5 nitrogen and oxygen atoms in total. The van der Waals surface area contributed by atoms with Crippen molar-refractivity contribution in [3.8, 4) is 0 Å². The Bertz CT molecular complexity index is 1210. The standard InChI is InChI=1S/C63H112O5/c1-3-5-7-9-11-13-15-17-19-21-23-24-25-26-27-28-29-30-31-32-33-34-35-36-37-38-40-42-44-46-48-50-52-54-56-58-63(66)68-61(59-64)60-67-62(65)57-55-53-51-49-47-45-43-41-39-22-20-18-16-14-12-10-8-6-4-2/h5,7,11-14,17-20,23-24,61,64H,3-4,6,8-10,15-16,21-22,25-60H2,1-2H3/b7-5-,13-11-,14-12-,19-17-,20-18-,24-23-. The number of hydrogen-bond donors (Lipinski definition) is 1. The van der Waals surface area contributed by atoms with Gasteiger partial charge in [-0.1, -0.05) is 273 Å². The van der Waals surface area contributed by atoms with Crippen LogP contribution in [-0.4, -0.2) is 36.4 Å². The van der Waals surface area contributed by atoms with Crippen molar-refractivity contribution >= 4 is 11.9 Å². The van der Waals surface area contributed by atoms with Crippen molar-refractivity contribution in [2.24, 2.45) is 0 Å². The molecule has 0 fully saturated rings. The molecule has 0 saturated carbocycles. The summed E-state index contributed by atoms with van der Waals surface area (Å²) in [5.41, 5.74) is 0. The fourth-order valence-corrected chi connectivity index (χ4v) is 8.58. The highest BCUT2D eigenvalue weighted by Crippen LogP contribution is 2.17. The largest absolute Gasteiger partial charge is 0.462 e. The Morgan fingerprint density at radius 2 is 0.632 bits per heavy atom. The van der Waals surface area contributed by atoms with Crippen molar-refractivity contribution in [2.75, 3.05) is 13.2 Å². The van der Waals surface area contributed by atoms with E-state index in [0.717, 1.165) is 70.6 Å². The first-order valence-electron chi connectivity index (χ1n) is 29.5. The molecule has 1 atom stereocenters. The van der Waals surface area contributed by atoms with Gasteiger partial charge in [0.05, 0.1) is 6.61 Å². The first-order valence-corrected chi connectivity index (χ1v) is 29.5. The minimum atomic E-state index is -0.774. The van der Waals surface area contributed by atoms with E-state index in [4.69, 9.17) is 9.47 Å². The topological polar surface area (TPSA) is 72.8 Å². The van der Waals surface area contributed by atoms with Crippen LogP contribution in [0.3, 0.4) is 0 Å². The van der Waals surface area contributed by atoms with Gasteiger partial charge in [0.15, 0.2) is 6.10 Å². The summed E-state index contributed by atoms with van der Waals surface area (Å²) in [5.74, 6) is -0.584. The Kier molecular flexibility index (Phi) is 56.4. The number of aliphatic hydroxyl groups is 1. The minimum absolute atomic E-state index is 0.0663. The number of carbonyl (C=O) groups excluding carboxylic acids is 2. The molecule has 1 unspecified atom stereocenters. The second-order valence-electron chi connectivity index (χ2n) is 19.7. The van der Waals surface area contributed by atoms with E-state index in [1.165, 1.54) is 199 Å². The number of unbranched alkanes of at least 4 members (excludes halogenated alkanes) is 34. The van der Waals surface area contributed by atoms with Crippen molar-refractivity contribution in [2.45, 2.75) is 302 Å². The Morgan fingerprint density at radius 3 is 0.956 bits per heavy atom. The second-order valence-corrected chi connectivity index (χ2v) is 19.7. The van der Waals surface area contributed by atoms with Crippen molar-refractivity contribution < 1.29 is 24.2 Å². The van der Waals surface area contributed by atoms with E-state index >= 15 is 0 Å². The van der Waals surface area contributed by atoms with Crippen LogP contribution in [0, 0.1) is 0 Å². The van der Waals surface area contributed by atoms with E-state index in [1.807, 2.05) is 0 Å². The van der Waals surface area contributed by atoms with Gasteiger partial charge >= 0.3 is 11.9 Å². The quantitative estimate of drug-likeness (QED) is 0.0374. The fraction of sp³-hybridized carbons (Fsp3) is 0.778. The van der Waals surface area contributed by atoms with Crippen LogP contribution >= 0.6 is 0 Å². The van der Waals surface area contributed by atoms with Gasteiger partial charge in [-0.05, 0) is 83.5 Å². The summed E-state index contributed by atoms with van der Waals surface area (Å²) in [4.78, 5) is 24.5. The summed E-state index contributed by atoms with van der Waals surface area (Å²) < 4.78 is 10.7. The lowest BCUT2D eigenvalue weighted by Gasteiger charge is -2.15. The van der Waals surface area contributed by atoms with Crippen LogP contribution in [0.2, 0.25) is 0 Å². The van der Waals surface area contributed by atoms with Gasteiger partial charge in [-0.3, -0.25) is 9.59 Å². The Labute approximate surface area is 423 Å². The van der Waals surface area contributed by atoms with E-state index in [0.29, 0.717) is 12.8 Å². The van der Waals surface area contributed by atoms with Crippen LogP contribution in [0.15, 0.2) is 72.9 Å². The Morgan fingerprint density at radius 1 is 0.353 bits per heavy atom. The van der Waals surface area contributed by atoms with Crippen LogP contribution in [0.1, 0.15) is 296 Å². The molecule has 0 spiro atoms. The summed E-state index contributed by atoms with van der Waals surface area (Å²) in [6, 6.07) is 0. The molecule has 0 aromatic carbocycles. The molecule has 0 aliphatic rings. The van der Waals surface area contributed by atoms with Gasteiger partial charge in [0, 0.05) is 12.8 Å². The maximum absolute atomic E-state index is 12.3. The summed E-state index contributed by atoms with van der Waals surface area (Å²) in [6.45, 7) is 4.03. The van der Waals surface area contributed by atoms with Crippen LogP contribution in [0.5, 0.6) is 0 Å². The third kappa shape index (κ3) is 55.9. The minimum Gasteiger partial charge on any atom is -0.462 e. The zero-order valence-electron chi connectivity index (χ0n) is 45.1. The zero-order chi connectivity index (χ0) is 49.2. The van der Waals surface area contributed by atoms with E-state index in [2.05, 4.69) is 86.8 Å². The van der Waals surface area contributed by atoms with Gasteiger partial charge in [-0.2, -0.15) is 0 Å². The van der Waals surface area contributed by atoms with Crippen LogP contribution < -0.4 is 0 Å². The molecule has 68 heavy (non-hydrogen) atoms. The predicted octanol–water partition coefficient (Wildman–Crippen LogP) is 20.0. The maximum Gasteiger partial charge on any atom is 0.306 e. The Hall–Kier alpha value is -2.66. The summed E-state index contributed by atoms with van der Waals surface area (Å²) >= 11 is 0. The number of carbonyl (C=O) groups is 2. The molecular formula is C63H112O5. The van der Waals surface area contributed by atoms with E-state index < -0.39 is 6.10 Å². The van der Waals surface area contributed by atoms with Crippen molar-refractivity contribution in [3.63, 3.8) is 0 Å². The predicted molar refractivity (Wildman–Crippen MR) is 297 cm³/mol. The fourth-order valence-electron chi connectivity index (χ4n) is 8.58. The molecule has 394 valence electrons. The maximum atomic E-state index is 12.3. The molecule has 0 aliphatic carbocycles. The average molecular weight is 950 g/mol. The molecule has 0 bridgehead atoms. The SMILES string of the molecule is CC/C=C\C/C=C\C/C=C\C/C=C\CCCCCCCCCCCCCCCCCCCCCCCCC(=O)OC(CO)COC(=O)CCCCCCCCCCC/C=C\C/C=C\CCCCC. The molecule has 0 aromatic heterocycles. The normalized spacial score (nSPS) is 12.7. The molecule has 0 saturated heterocycles. The molecule has 0 heterocycles. The highest BCUT2D eigenvalue weighted by molar-refractivity contribution is 5.70. The number of aliphatic hydroxyl groups excluding tert-OH is 1. The van der Waals surface area contributed by atoms with E-state index in [-0.39, 0.29) is 25.2 Å². The van der Waals surface area contributed by atoms with Crippen molar-refractivity contribution in [3.05, 3.63) is 72.9 Å². The van der Waals surface area contributed by atoms with Gasteiger partial charge in [0.2, 0.25) is 0 Å². The van der Waals surface area contributed by atoms with E-state index in [1.54, 1.807) is 0 Å². The van der Waals surface area contributed by atoms with Crippen molar-refractivity contribution in [1.82, 2.24) is 0 Å². The van der Waals surface area contributed by atoms with Crippen molar-refractivity contribution in [1.29, 1.82) is 0 Å². The first-order chi connectivity index (χ1) is 33.6. The highest BCUT2D eigenvalue weighted by Gasteiger charge is 2.16. The molecule has 0 radical (unpaired) electrons. The number of esters is 2. The molecular weight excluding hydrogens is 837 g/mol. The van der Waals surface area contributed by atoms with Gasteiger partial charge in [-0.25, -0.2) is 0 Å². The van der Waals surface area contributed by atoms with Gasteiger partial charge < -0.3 is 14.6 Å². The smallest absolute Gasteiger partial charge is 0.306 e. The van der Waals surface area contributed by atoms with E-state index in [9.17, 15) is 14.7 Å². The van der Waals surface area contributed by atoms with Crippen LogP contribution in [0.4, 0.5) is 0 Å². The third-order valence-electron chi connectivity index (χ3n) is 13.0. The van der Waals surface area contributed by atoms with Gasteiger partial charge in [0.1, 0.15) is 6.61 Å². The molecule has 0 rings (SSSR count). The number of allylic oxidation sites excluding steroid dienone is 12. The zero-order valence-corrected chi connectivity index (χ0v) is 45.1. The molecule has 5 heteroatoms. The molecule has 1 N–H and O–H groups in total. The summed E-state index contributed by atoms with van der Waals surface area (Å²) in [5, 5.41) is 9.65. The Balaban J connectivity index is 3.43. The summed E-state index contributed by atoms with van der Waals surface area (Å²) in [6.07, 6.45) is 80.3. The lowest BCUT2D eigenvalue weighted by Crippen LogP contribution is -2.28. The monoisotopic (exact) mass is 949 g/mol. The van der Waals surface area contributed by atoms with Crippen LogP contribution in [0.25, 0.3) is 0 Å². The highest BCUT2D eigenvalue weighted by atomic mass is 16.6. The lowest BCUT2D eigenvalue weighted by atomic mass is 10.0. The van der Waals surface area contributed by atoms with Gasteiger partial charge in [0.25, 0.3) is 0 Å². The number of ether oxygens (including phenoxy) is 2. The van der Waals surface area contributed by atoms with Gasteiger partial charge in [-0.15, -0.1) is 0 Å². The number of hydrogen-bond acceptors (Lipinski definition) is 5. The molecule has 0 aliphatic heterocycles. The average Bonchev–Trinajstić information content (AvgIpc) is 3.34. The molecule has 0 amide bonds.